The number of para-hydroxylation sites is 2. The van der Waals surface area contributed by atoms with E-state index in [-0.39, 0.29) is 30.5 Å². The molecule has 1 atom stereocenters. The number of anilines is 2. The topological polar surface area (TPSA) is 43.9 Å². The van der Waals surface area contributed by atoms with Gasteiger partial charge in [-0.25, -0.2) is 4.39 Å². The smallest absolute Gasteiger partial charge is 0.228 e. The Kier molecular flexibility index (Phi) is 4.79. The van der Waals surface area contributed by atoms with Crippen LogP contribution in [-0.2, 0) is 9.59 Å². The van der Waals surface area contributed by atoms with Crippen molar-refractivity contribution in [2.24, 2.45) is 5.92 Å². The normalized spacial score (nSPS) is 20.3. The van der Waals surface area contributed by atoms with Crippen LogP contribution in [0.5, 0.6) is 0 Å². The molecule has 2 aromatic rings. The minimum Gasteiger partial charge on any atom is -0.368 e. The molecule has 5 nitrogen and oxygen atoms in total. The number of halogens is 1. The summed E-state index contributed by atoms with van der Waals surface area (Å²) < 4.78 is 14.0. The van der Waals surface area contributed by atoms with Crippen LogP contribution in [0.2, 0.25) is 0 Å². The molecule has 2 saturated heterocycles. The van der Waals surface area contributed by atoms with Gasteiger partial charge in [0.1, 0.15) is 5.82 Å². The largest absolute Gasteiger partial charge is 0.368 e. The lowest BCUT2D eigenvalue weighted by Crippen LogP contribution is -2.50. The Morgan fingerprint density at radius 3 is 2.30 bits per heavy atom. The van der Waals surface area contributed by atoms with Crippen molar-refractivity contribution in [1.82, 2.24) is 4.90 Å². The average Bonchev–Trinajstić information content (AvgIpc) is 3.10. The lowest BCUT2D eigenvalue weighted by atomic mass is 10.1. The van der Waals surface area contributed by atoms with Gasteiger partial charge in [0, 0.05) is 44.8 Å². The van der Waals surface area contributed by atoms with E-state index in [1.54, 1.807) is 18.2 Å². The predicted molar refractivity (Wildman–Crippen MR) is 102 cm³/mol. The van der Waals surface area contributed by atoms with Crippen molar-refractivity contribution in [2.45, 2.75) is 6.42 Å². The molecular formula is C21H22FN3O2. The minimum atomic E-state index is -0.435. The van der Waals surface area contributed by atoms with Gasteiger partial charge in [-0.05, 0) is 24.3 Å². The number of carbonyl (C=O) groups excluding carboxylic acids is 2. The molecule has 0 saturated carbocycles. The SMILES string of the molecule is O=C([C@@H]1CC(=O)N(c2ccccc2F)C1)N1CCN(c2ccccc2)CC1. The third kappa shape index (κ3) is 3.52. The molecule has 0 aliphatic carbocycles. The molecule has 27 heavy (non-hydrogen) atoms. The minimum absolute atomic E-state index is 0.00472. The van der Waals surface area contributed by atoms with Crippen molar-refractivity contribution in [3.63, 3.8) is 0 Å². The van der Waals surface area contributed by atoms with Crippen molar-refractivity contribution < 1.29 is 14.0 Å². The Balaban J connectivity index is 1.38. The van der Waals surface area contributed by atoms with Crippen molar-refractivity contribution in [3.8, 4) is 0 Å². The highest BCUT2D eigenvalue weighted by Crippen LogP contribution is 2.28. The summed E-state index contributed by atoms with van der Waals surface area (Å²) in [7, 11) is 0. The number of hydrogen-bond donors (Lipinski definition) is 0. The average molecular weight is 367 g/mol. The van der Waals surface area contributed by atoms with Crippen molar-refractivity contribution in [1.29, 1.82) is 0 Å². The molecule has 0 spiro atoms. The molecule has 2 aliphatic rings. The third-order valence-electron chi connectivity index (χ3n) is 5.33. The lowest BCUT2D eigenvalue weighted by molar-refractivity contribution is -0.136. The number of nitrogens with zero attached hydrogens (tertiary/aromatic N) is 3. The van der Waals surface area contributed by atoms with Gasteiger partial charge >= 0.3 is 0 Å². The number of hydrogen-bond acceptors (Lipinski definition) is 3. The van der Waals surface area contributed by atoms with Crippen LogP contribution in [0.15, 0.2) is 54.6 Å². The Hall–Kier alpha value is -2.89. The van der Waals surface area contributed by atoms with Crippen LogP contribution in [0.1, 0.15) is 6.42 Å². The summed E-state index contributed by atoms with van der Waals surface area (Å²) in [4.78, 5) is 30.7. The number of amides is 2. The number of carbonyl (C=O) groups is 2. The summed E-state index contributed by atoms with van der Waals surface area (Å²) in [5, 5.41) is 0. The molecule has 0 aromatic heterocycles. The first-order valence-electron chi connectivity index (χ1n) is 9.27. The van der Waals surface area contributed by atoms with Gasteiger partial charge in [0.25, 0.3) is 0 Å². The van der Waals surface area contributed by atoms with E-state index >= 15 is 0 Å². The molecule has 0 N–H and O–H groups in total. The van der Waals surface area contributed by atoms with Crippen LogP contribution in [0.25, 0.3) is 0 Å². The van der Waals surface area contributed by atoms with E-state index in [2.05, 4.69) is 17.0 Å². The first-order chi connectivity index (χ1) is 13.1. The van der Waals surface area contributed by atoms with Gasteiger partial charge in [0.15, 0.2) is 0 Å². The van der Waals surface area contributed by atoms with Crippen molar-refractivity contribution in [2.75, 3.05) is 42.5 Å². The van der Waals surface area contributed by atoms with Crippen molar-refractivity contribution >= 4 is 23.2 Å². The van der Waals surface area contributed by atoms with E-state index in [4.69, 9.17) is 0 Å². The van der Waals surface area contributed by atoms with Crippen molar-refractivity contribution in [3.05, 3.63) is 60.4 Å². The van der Waals surface area contributed by atoms with E-state index < -0.39 is 11.7 Å². The Morgan fingerprint density at radius 2 is 1.59 bits per heavy atom. The summed E-state index contributed by atoms with van der Waals surface area (Å²) in [5.41, 5.74) is 1.41. The Bertz CT molecular complexity index is 834. The van der Waals surface area contributed by atoms with Crippen LogP contribution in [-0.4, -0.2) is 49.4 Å². The monoisotopic (exact) mass is 367 g/mol. The fourth-order valence-electron chi connectivity index (χ4n) is 3.86. The predicted octanol–water partition coefficient (Wildman–Crippen LogP) is 2.53. The van der Waals surface area contributed by atoms with Crippen LogP contribution < -0.4 is 9.80 Å². The summed E-state index contributed by atoms with van der Waals surface area (Å²) >= 11 is 0. The molecule has 0 radical (unpaired) electrons. The standard InChI is InChI=1S/C21H22FN3O2/c22-18-8-4-5-9-19(18)25-15-16(14-20(25)26)21(27)24-12-10-23(11-13-24)17-6-2-1-3-7-17/h1-9,16H,10-15H2/t16-/m1/s1. The highest BCUT2D eigenvalue weighted by Gasteiger charge is 2.38. The molecule has 140 valence electrons. The fraction of sp³-hybridized carbons (Fsp3) is 0.333. The van der Waals surface area contributed by atoms with E-state index in [0.29, 0.717) is 13.1 Å². The van der Waals surface area contributed by atoms with Gasteiger partial charge in [-0.1, -0.05) is 30.3 Å². The second-order valence-corrected chi connectivity index (χ2v) is 7.00. The molecule has 2 aromatic carbocycles. The van der Waals surface area contributed by atoms with Crippen LogP contribution in [0.3, 0.4) is 0 Å². The summed E-state index contributed by atoms with van der Waals surface area (Å²) in [6.07, 6.45) is 0.145. The van der Waals surface area contributed by atoms with Gasteiger partial charge < -0.3 is 14.7 Å². The summed E-state index contributed by atoms with van der Waals surface area (Å²) in [6, 6.07) is 16.3. The molecule has 4 rings (SSSR count). The van der Waals surface area contributed by atoms with E-state index in [1.165, 1.54) is 11.0 Å². The maximum absolute atomic E-state index is 14.0. The molecule has 2 heterocycles. The number of piperazine rings is 1. The zero-order chi connectivity index (χ0) is 18.8. The van der Waals surface area contributed by atoms with E-state index in [9.17, 15) is 14.0 Å². The zero-order valence-electron chi connectivity index (χ0n) is 15.1. The molecular weight excluding hydrogens is 345 g/mol. The van der Waals surface area contributed by atoms with Gasteiger partial charge in [-0.3, -0.25) is 9.59 Å². The second-order valence-electron chi connectivity index (χ2n) is 7.00. The van der Waals surface area contributed by atoms with Gasteiger partial charge in [0.05, 0.1) is 11.6 Å². The van der Waals surface area contributed by atoms with Gasteiger partial charge in [-0.15, -0.1) is 0 Å². The second kappa shape index (κ2) is 7.39. The van der Waals surface area contributed by atoms with E-state index in [0.717, 1.165) is 18.8 Å². The molecule has 0 unspecified atom stereocenters. The fourth-order valence-corrected chi connectivity index (χ4v) is 3.86. The van der Waals surface area contributed by atoms with Crippen LogP contribution >= 0.6 is 0 Å². The van der Waals surface area contributed by atoms with E-state index in [1.807, 2.05) is 23.1 Å². The molecule has 6 heteroatoms. The Morgan fingerprint density at radius 1 is 0.926 bits per heavy atom. The molecule has 2 aliphatic heterocycles. The first kappa shape index (κ1) is 17.5. The maximum atomic E-state index is 14.0. The van der Waals surface area contributed by atoms with Crippen LogP contribution in [0.4, 0.5) is 15.8 Å². The highest BCUT2D eigenvalue weighted by atomic mass is 19.1. The van der Waals surface area contributed by atoms with Gasteiger partial charge in [0.2, 0.25) is 11.8 Å². The summed E-state index contributed by atoms with van der Waals surface area (Å²) in [5.74, 6) is -1.04. The molecule has 0 bridgehead atoms. The number of benzene rings is 2. The number of rotatable bonds is 3. The van der Waals surface area contributed by atoms with Crippen LogP contribution in [0, 0.1) is 11.7 Å². The lowest BCUT2D eigenvalue weighted by Gasteiger charge is -2.37. The van der Waals surface area contributed by atoms with Gasteiger partial charge in [-0.2, -0.15) is 0 Å². The zero-order valence-corrected chi connectivity index (χ0v) is 15.1. The maximum Gasteiger partial charge on any atom is 0.228 e. The molecule has 2 amide bonds. The Labute approximate surface area is 158 Å². The molecule has 2 fully saturated rings. The summed E-state index contributed by atoms with van der Waals surface area (Å²) in [6.45, 7) is 3.06. The quantitative estimate of drug-likeness (QED) is 0.837. The third-order valence-corrected chi connectivity index (χ3v) is 5.33. The highest BCUT2D eigenvalue weighted by molar-refractivity contribution is 6.00. The first-order valence-corrected chi connectivity index (χ1v) is 9.27.